The number of carbonyl (C=O) groups is 1. The van der Waals surface area contributed by atoms with Crippen molar-refractivity contribution in [2.45, 2.75) is 12.8 Å². The molecule has 3 aromatic rings. The predicted molar refractivity (Wildman–Crippen MR) is 82.7 cm³/mol. The third-order valence-electron chi connectivity index (χ3n) is 4.26. The van der Waals surface area contributed by atoms with Crippen molar-refractivity contribution in [2.75, 3.05) is 13.1 Å². The van der Waals surface area contributed by atoms with E-state index in [0.717, 1.165) is 25.9 Å². The first kappa shape index (κ1) is 13.8. The molecule has 1 unspecified atom stereocenters. The quantitative estimate of drug-likeness (QED) is 0.727. The molecule has 7 heteroatoms. The van der Waals surface area contributed by atoms with Crippen LogP contribution in [0.2, 0.25) is 0 Å². The number of amides is 1. The van der Waals surface area contributed by atoms with Gasteiger partial charge in [-0.1, -0.05) is 6.07 Å². The van der Waals surface area contributed by atoms with Gasteiger partial charge in [0.2, 0.25) is 0 Å². The maximum atomic E-state index is 12.6. The van der Waals surface area contributed by atoms with Crippen LogP contribution < -0.4 is 0 Å². The zero-order chi connectivity index (χ0) is 15.6. The van der Waals surface area contributed by atoms with Crippen molar-refractivity contribution in [3.8, 4) is 0 Å². The molecule has 0 bridgehead atoms. The van der Waals surface area contributed by atoms with Gasteiger partial charge in [0.05, 0.1) is 5.56 Å². The van der Waals surface area contributed by atoms with Gasteiger partial charge in [-0.25, -0.2) is 0 Å². The lowest BCUT2D eigenvalue weighted by atomic mass is 10.0. The number of nitrogens with zero attached hydrogens (tertiary/aromatic N) is 6. The molecular formula is C16H16N6O. The van der Waals surface area contributed by atoms with E-state index in [1.54, 1.807) is 24.5 Å². The third kappa shape index (κ3) is 2.77. The Morgan fingerprint density at radius 3 is 3.13 bits per heavy atom. The largest absolute Gasteiger partial charge is 0.338 e. The van der Waals surface area contributed by atoms with Crippen LogP contribution in [0.1, 0.15) is 22.3 Å². The number of fused-ring (bicyclic) bond motifs is 1. The fourth-order valence-electron chi connectivity index (χ4n) is 3.09. The topological polar surface area (TPSA) is 76.3 Å². The number of hydrogen-bond donors (Lipinski definition) is 0. The summed E-state index contributed by atoms with van der Waals surface area (Å²) in [5, 5.41) is 11.3. The van der Waals surface area contributed by atoms with Crippen molar-refractivity contribution >= 4 is 11.6 Å². The molecule has 0 radical (unpaired) electrons. The van der Waals surface area contributed by atoms with Crippen LogP contribution in [0, 0.1) is 5.92 Å². The lowest BCUT2D eigenvalue weighted by Gasteiger charge is -2.16. The Balaban J connectivity index is 1.45. The summed E-state index contributed by atoms with van der Waals surface area (Å²) in [6, 6.07) is 7.58. The van der Waals surface area contributed by atoms with Crippen molar-refractivity contribution in [3.05, 3.63) is 54.0 Å². The number of rotatable bonds is 3. The molecule has 0 aliphatic carbocycles. The summed E-state index contributed by atoms with van der Waals surface area (Å²) in [6.45, 7) is 1.57. The molecule has 0 N–H and O–H groups in total. The van der Waals surface area contributed by atoms with E-state index in [2.05, 4.69) is 26.6 Å². The molecule has 1 aliphatic rings. The van der Waals surface area contributed by atoms with E-state index >= 15 is 0 Å². The number of hydrogen-bond acceptors (Lipinski definition) is 5. The highest BCUT2D eigenvalue weighted by Gasteiger charge is 2.27. The molecule has 0 aromatic carbocycles. The minimum absolute atomic E-state index is 0.0380. The minimum Gasteiger partial charge on any atom is -0.338 e. The second-order valence-electron chi connectivity index (χ2n) is 5.87. The van der Waals surface area contributed by atoms with Crippen LogP contribution in [0.25, 0.3) is 5.65 Å². The highest BCUT2D eigenvalue weighted by atomic mass is 16.2. The third-order valence-corrected chi connectivity index (χ3v) is 4.26. The Morgan fingerprint density at radius 2 is 2.26 bits per heavy atom. The van der Waals surface area contributed by atoms with Crippen molar-refractivity contribution in [2.24, 2.45) is 5.92 Å². The predicted octanol–water partition coefficient (Wildman–Crippen LogP) is 1.22. The summed E-state index contributed by atoms with van der Waals surface area (Å²) in [5.41, 5.74) is 2.48. The van der Waals surface area contributed by atoms with Gasteiger partial charge in [-0.15, -0.1) is 5.10 Å². The molecule has 7 nitrogen and oxygen atoms in total. The molecule has 1 fully saturated rings. The average molecular weight is 308 g/mol. The first-order valence-corrected chi connectivity index (χ1v) is 7.65. The normalized spacial score (nSPS) is 17.7. The van der Waals surface area contributed by atoms with Gasteiger partial charge < -0.3 is 4.90 Å². The van der Waals surface area contributed by atoms with Crippen LogP contribution in [-0.2, 0) is 6.42 Å². The molecule has 23 heavy (non-hydrogen) atoms. The fourth-order valence-corrected chi connectivity index (χ4v) is 3.09. The molecule has 1 amide bonds. The first-order chi connectivity index (χ1) is 11.3. The highest BCUT2D eigenvalue weighted by molar-refractivity contribution is 5.94. The zero-order valence-electron chi connectivity index (χ0n) is 12.5. The van der Waals surface area contributed by atoms with Crippen LogP contribution in [-0.4, -0.2) is 48.9 Å². The van der Waals surface area contributed by atoms with Crippen LogP contribution in [0.4, 0.5) is 0 Å². The second kappa shape index (κ2) is 5.75. The molecular weight excluding hydrogens is 292 g/mol. The molecule has 3 aromatic heterocycles. The van der Waals surface area contributed by atoms with Crippen molar-refractivity contribution < 1.29 is 4.79 Å². The maximum absolute atomic E-state index is 12.6. The summed E-state index contributed by atoms with van der Waals surface area (Å²) >= 11 is 0. The first-order valence-electron chi connectivity index (χ1n) is 7.65. The Labute approximate surface area is 132 Å². The SMILES string of the molecule is O=C(c1ccc2nnnn2c1)N1CCC(Cc2cccnc2)C1. The summed E-state index contributed by atoms with van der Waals surface area (Å²) in [5.74, 6) is 0.524. The van der Waals surface area contributed by atoms with Gasteiger partial charge in [0.1, 0.15) is 0 Å². The van der Waals surface area contributed by atoms with Gasteiger partial charge >= 0.3 is 0 Å². The van der Waals surface area contributed by atoms with Gasteiger partial charge in [0, 0.05) is 31.7 Å². The number of tetrazole rings is 1. The summed E-state index contributed by atoms with van der Waals surface area (Å²) in [4.78, 5) is 18.7. The molecule has 1 saturated heterocycles. The molecule has 1 atom stereocenters. The molecule has 116 valence electrons. The number of aromatic nitrogens is 5. The Hall–Kier alpha value is -2.83. The molecule has 4 heterocycles. The smallest absolute Gasteiger partial charge is 0.255 e. The summed E-state index contributed by atoms with van der Waals surface area (Å²) in [7, 11) is 0. The number of pyridine rings is 2. The summed E-state index contributed by atoms with van der Waals surface area (Å²) < 4.78 is 1.52. The monoisotopic (exact) mass is 308 g/mol. The maximum Gasteiger partial charge on any atom is 0.255 e. The standard InChI is InChI=1S/C16H16N6O/c23-16(14-3-4-15-18-19-20-22(15)11-14)21-7-5-13(10-21)8-12-2-1-6-17-9-12/h1-4,6,9,11,13H,5,7-8,10H2. The average Bonchev–Trinajstić information content (AvgIpc) is 3.23. The van der Waals surface area contributed by atoms with E-state index in [1.807, 2.05) is 17.2 Å². The lowest BCUT2D eigenvalue weighted by molar-refractivity contribution is 0.0786. The Kier molecular flexibility index (Phi) is 3.45. The van der Waals surface area contributed by atoms with Gasteiger partial charge in [0.25, 0.3) is 5.91 Å². The molecule has 1 aliphatic heterocycles. The highest BCUT2D eigenvalue weighted by Crippen LogP contribution is 2.22. The van der Waals surface area contributed by atoms with Crippen LogP contribution in [0.15, 0.2) is 42.9 Å². The van der Waals surface area contributed by atoms with Crippen molar-refractivity contribution in [3.63, 3.8) is 0 Å². The van der Waals surface area contributed by atoms with Gasteiger partial charge in [-0.2, -0.15) is 4.52 Å². The second-order valence-corrected chi connectivity index (χ2v) is 5.87. The van der Waals surface area contributed by atoms with E-state index < -0.39 is 0 Å². The summed E-state index contributed by atoms with van der Waals surface area (Å²) in [6.07, 6.45) is 7.35. The molecule has 0 saturated carbocycles. The van der Waals surface area contributed by atoms with Gasteiger partial charge in [-0.3, -0.25) is 9.78 Å². The van der Waals surface area contributed by atoms with E-state index in [9.17, 15) is 4.79 Å². The fraction of sp³-hybridized carbons (Fsp3) is 0.312. The minimum atomic E-state index is 0.0380. The van der Waals surface area contributed by atoms with Crippen LogP contribution >= 0.6 is 0 Å². The van der Waals surface area contributed by atoms with Gasteiger partial charge in [-0.05, 0) is 52.9 Å². The van der Waals surface area contributed by atoms with E-state index in [0.29, 0.717) is 17.1 Å². The Morgan fingerprint density at radius 1 is 1.30 bits per heavy atom. The van der Waals surface area contributed by atoms with E-state index in [4.69, 9.17) is 0 Å². The van der Waals surface area contributed by atoms with E-state index in [-0.39, 0.29) is 5.91 Å². The van der Waals surface area contributed by atoms with Crippen LogP contribution in [0.5, 0.6) is 0 Å². The molecule has 0 spiro atoms. The van der Waals surface area contributed by atoms with Crippen molar-refractivity contribution in [1.82, 2.24) is 29.9 Å². The van der Waals surface area contributed by atoms with Crippen molar-refractivity contribution in [1.29, 1.82) is 0 Å². The van der Waals surface area contributed by atoms with Crippen LogP contribution in [0.3, 0.4) is 0 Å². The lowest BCUT2D eigenvalue weighted by Crippen LogP contribution is -2.29. The number of likely N-dealkylation sites (tertiary alicyclic amines) is 1. The van der Waals surface area contributed by atoms with Gasteiger partial charge in [0.15, 0.2) is 5.65 Å². The van der Waals surface area contributed by atoms with E-state index in [1.165, 1.54) is 10.1 Å². The molecule has 4 rings (SSSR count). The Bertz CT molecular complexity index is 831. The zero-order valence-corrected chi connectivity index (χ0v) is 12.5. The number of carbonyl (C=O) groups excluding carboxylic acids is 1.